The molecule has 0 spiro atoms. The van der Waals surface area contributed by atoms with Crippen LogP contribution in [0.5, 0.6) is 0 Å². The van der Waals surface area contributed by atoms with Crippen molar-refractivity contribution in [1.29, 1.82) is 0 Å². The van der Waals surface area contributed by atoms with Crippen molar-refractivity contribution in [3.05, 3.63) is 71.8 Å². The summed E-state index contributed by atoms with van der Waals surface area (Å²) in [7, 11) is 0. The monoisotopic (exact) mass is 395 g/mol. The third-order valence-electron chi connectivity index (χ3n) is 4.49. The number of nitrogens with zero attached hydrogens (tertiary/aromatic N) is 1. The average Bonchev–Trinajstić information content (AvgIpc) is 2.99. The van der Waals surface area contributed by atoms with E-state index in [2.05, 4.69) is 10.7 Å². The number of benzene rings is 2. The molecule has 1 aliphatic heterocycles. The highest BCUT2D eigenvalue weighted by molar-refractivity contribution is 6.10. The van der Waals surface area contributed by atoms with Gasteiger partial charge in [-0.3, -0.25) is 19.8 Å². The average molecular weight is 395 g/mol. The van der Waals surface area contributed by atoms with E-state index in [1.54, 1.807) is 67.6 Å². The summed E-state index contributed by atoms with van der Waals surface area (Å²) in [6, 6.07) is 16.7. The molecule has 0 saturated carbocycles. The Morgan fingerprint density at radius 2 is 1.55 bits per heavy atom. The normalized spacial score (nSPS) is 15.0. The summed E-state index contributed by atoms with van der Waals surface area (Å²) in [5.41, 5.74) is 1.85. The number of esters is 1. The highest BCUT2D eigenvalue weighted by atomic mass is 16.5. The summed E-state index contributed by atoms with van der Waals surface area (Å²) in [5.74, 6) is -1.97. The molecular formula is C21H21N3O5. The summed E-state index contributed by atoms with van der Waals surface area (Å²) in [6.45, 7) is 1.22. The molecule has 2 aromatic carbocycles. The number of rotatable bonds is 7. The summed E-state index contributed by atoms with van der Waals surface area (Å²) in [6.07, 6.45) is 0.770. The van der Waals surface area contributed by atoms with Crippen LogP contribution in [-0.2, 0) is 24.7 Å². The fourth-order valence-corrected chi connectivity index (χ4v) is 3.14. The zero-order valence-electron chi connectivity index (χ0n) is 15.9. The minimum atomic E-state index is -1.48. The predicted octanol–water partition coefficient (Wildman–Crippen LogP) is 1.86. The molecule has 8 nitrogen and oxygen atoms in total. The summed E-state index contributed by atoms with van der Waals surface area (Å²) in [4.78, 5) is 49.5. The van der Waals surface area contributed by atoms with Crippen LogP contribution in [0, 0.1) is 0 Å². The van der Waals surface area contributed by atoms with E-state index in [1.165, 1.54) is 0 Å². The smallest absolute Gasteiger partial charge is 0.344 e. The fourth-order valence-electron chi connectivity index (χ4n) is 3.14. The van der Waals surface area contributed by atoms with Crippen LogP contribution in [0.15, 0.2) is 60.7 Å². The van der Waals surface area contributed by atoms with E-state index in [9.17, 15) is 19.2 Å². The summed E-state index contributed by atoms with van der Waals surface area (Å²) >= 11 is 0. The van der Waals surface area contributed by atoms with Crippen LogP contribution in [0.25, 0.3) is 0 Å². The maximum absolute atomic E-state index is 13.3. The van der Waals surface area contributed by atoms with Gasteiger partial charge >= 0.3 is 12.0 Å². The van der Waals surface area contributed by atoms with Crippen molar-refractivity contribution in [1.82, 2.24) is 15.8 Å². The number of hydrogen-bond donors (Lipinski definition) is 2. The van der Waals surface area contributed by atoms with Crippen molar-refractivity contribution in [2.45, 2.75) is 25.3 Å². The van der Waals surface area contributed by atoms with Crippen LogP contribution in [0.1, 0.15) is 30.9 Å². The molecule has 2 aromatic rings. The second-order valence-electron chi connectivity index (χ2n) is 6.50. The van der Waals surface area contributed by atoms with Crippen molar-refractivity contribution in [3.63, 3.8) is 0 Å². The molecule has 29 heavy (non-hydrogen) atoms. The zero-order chi connectivity index (χ0) is 20.9. The molecule has 8 heteroatoms. The van der Waals surface area contributed by atoms with Crippen molar-refractivity contribution in [2.75, 3.05) is 6.61 Å². The molecule has 4 amide bonds. The molecule has 1 heterocycles. The van der Waals surface area contributed by atoms with Gasteiger partial charge in [0.05, 0.1) is 0 Å². The van der Waals surface area contributed by atoms with Gasteiger partial charge < -0.3 is 10.1 Å². The number of amides is 4. The Morgan fingerprint density at radius 1 is 1.00 bits per heavy atom. The van der Waals surface area contributed by atoms with Crippen molar-refractivity contribution in [2.24, 2.45) is 0 Å². The fraction of sp³-hybridized carbons (Fsp3) is 0.238. The van der Waals surface area contributed by atoms with Gasteiger partial charge in [0.1, 0.15) is 0 Å². The van der Waals surface area contributed by atoms with Crippen LogP contribution in [-0.4, -0.2) is 35.4 Å². The van der Waals surface area contributed by atoms with Gasteiger partial charge in [0.15, 0.2) is 12.1 Å². The minimum Gasteiger partial charge on any atom is -0.455 e. The van der Waals surface area contributed by atoms with Gasteiger partial charge in [0.2, 0.25) is 0 Å². The Morgan fingerprint density at radius 3 is 2.07 bits per heavy atom. The van der Waals surface area contributed by atoms with Crippen LogP contribution in [0.3, 0.4) is 0 Å². The lowest BCUT2D eigenvalue weighted by Gasteiger charge is -2.27. The van der Waals surface area contributed by atoms with Crippen LogP contribution in [0.4, 0.5) is 4.79 Å². The van der Waals surface area contributed by atoms with Crippen molar-refractivity contribution in [3.8, 4) is 0 Å². The lowest BCUT2D eigenvalue weighted by molar-refractivity contribution is -0.150. The van der Waals surface area contributed by atoms with Crippen LogP contribution < -0.4 is 10.7 Å². The number of carbonyl (C=O) groups excluding carboxylic acids is 4. The molecule has 1 aliphatic rings. The first-order chi connectivity index (χ1) is 14.0. The SMILES string of the molecule is CCCC(=O)OCC(=O)NN1C(=O)NC(c2ccccc2)(c2ccccc2)C1=O. The Labute approximate surface area is 167 Å². The number of hydrazine groups is 1. The first kappa shape index (κ1) is 20.1. The quantitative estimate of drug-likeness (QED) is 0.550. The lowest BCUT2D eigenvalue weighted by Crippen LogP contribution is -2.50. The van der Waals surface area contributed by atoms with Gasteiger partial charge in [-0.2, -0.15) is 5.01 Å². The Hall–Kier alpha value is -3.68. The van der Waals surface area contributed by atoms with E-state index in [-0.39, 0.29) is 6.42 Å². The highest BCUT2D eigenvalue weighted by Gasteiger charge is 2.54. The Balaban J connectivity index is 1.86. The number of carbonyl (C=O) groups is 4. The predicted molar refractivity (Wildman–Crippen MR) is 103 cm³/mol. The molecule has 150 valence electrons. The van der Waals surface area contributed by atoms with E-state index in [1.807, 2.05) is 0 Å². The minimum absolute atomic E-state index is 0.182. The molecule has 2 N–H and O–H groups in total. The van der Waals surface area contributed by atoms with E-state index >= 15 is 0 Å². The first-order valence-corrected chi connectivity index (χ1v) is 9.22. The van der Waals surface area contributed by atoms with E-state index < -0.39 is 36.0 Å². The second-order valence-corrected chi connectivity index (χ2v) is 6.50. The van der Waals surface area contributed by atoms with Gasteiger partial charge in [0.25, 0.3) is 11.8 Å². The standard InChI is InChI=1S/C21H21N3O5/c1-2-9-18(26)29-14-17(25)23-24-19(27)21(22-20(24)28,15-10-5-3-6-11-15)16-12-7-4-8-13-16/h3-8,10-13H,2,9,14H2,1H3,(H,22,28)(H,23,25). The summed E-state index contributed by atoms with van der Waals surface area (Å²) in [5, 5.41) is 3.33. The number of ether oxygens (including phenoxy) is 1. The third-order valence-corrected chi connectivity index (χ3v) is 4.49. The lowest BCUT2D eigenvalue weighted by atomic mass is 9.83. The molecule has 1 saturated heterocycles. The van der Waals surface area contributed by atoms with Gasteiger partial charge in [0, 0.05) is 6.42 Å². The van der Waals surface area contributed by atoms with E-state index in [0.29, 0.717) is 22.6 Å². The van der Waals surface area contributed by atoms with Crippen LogP contribution >= 0.6 is 0 Å². The molecular weight excluding hydrogens is 374 g/mol. The molecule has 0 atom stereocenters. The molecule has 0 aliphatic carbocycles. The Bertz CT molecular complexity index is 875. The number of nitrogens with one attached hydrogen (secondary N) is 2. The van der Waals surface area contributed by atoms with Gasteiger partial charge in [-0.05, 0) is 17.5 Å². The molecule has 3 rings (SSSR count). The van der Waals surface area contributed by atoms with Gasteiger partial charge in [-0.25, -0.2) is 4.79 Å². The largest absolute Gasteiger partial charge is 0.455 e. The van der Waals surface area contributed by atoms with Crippen LogP contribution in [0.2, 0.25) is 0 Å². The number of urea groups is 1. The summed E-state index contributed by atoms with van der Waals surface area (Å²) < 4.78 is 4.83. The molecule has 0 unspecified atom stereocenters. The number of hydrogen-bond acceptors (Lipinski definition) is 5. The maximum atomic E-state index is 13.3. The maximum Gasteiger partial charge on any atom is 0.344 e. The van der Waals surface area contributed by atoms with Gasteiger partial charge in [-0.1, -0.05) is 67.6 Å². The first-order valence-electron chi connectivity index (χ1n) is 9.22. The van der Waals surface area contributed by atoms with Gasteiger partial charge in [-0.15, -0.1) is 0 Å². The number of imide groups is 1. The highest BCUT2D eigenvalue weighted by Crippen LogP contribution is 2.35. The molecule has 1 fully saturated rings. The van der Waals surface area contributed by atoms with E-state index in [0.717, 1.165) is 0 Å². The van der Waals surface area contributed by atoms with Crippen molar-refractivity contribution < 1.29 is 23.9 Å². The third kappa shape index (κ3) is 3.96. The Kier molecular flexibility index (Phi) is 5.92. The second kappa shape index (κ2) is 8.55. The van der Waals surface area contributed by atoms with Crippen molar-refractivity contribution >= 4 is 23.8 Å². The molecule has 0 radical (unpaired) electrons. The molecule has 0 bridgehead atoms. The zero-order valence-corrected chi connectivity index (χ0v) is 15.9. The topological polar surface area (TPSA) is 105 Å². The molecule has 0 aromatic heterocycles. The van der Waals surface area contributed by atoms with E-state index in [4.69, 9.17) is 4.74 Å².